The van der Waals surface area contributed by atoms with Crippen LogP contribution in [0.5, 0.6) is 0 Å². The number of hydroxylamine groups is 2. The standard InChI is InChI=1S/C18H23N3O3/c1-11(2)8-16-17(22)20(3)15(18(23)21(16)24)9-12-10-19-14-7-5-4-6-13(12)14/h4-7,10-11,15-16,19,24H,8-9H2,1-3H3/t15-,16-/m0/s1. The number of piperazine rings is 1. The molecule has 6 nitrogen and oxygen atoms in total. The number of likely N-dealkylation sites (N-methyl/N-ethyl adjacent to an activating group) is 1. The lowest BCUT2D eigenvalue weighted by atomic mass is 9.95. The van der Waals surface area contributed by atoms with Gasteiger partial charge in [-0.05, 0) is 24.0 Å². The second-order valence-electron chi connectivity index (χ2n) is 6.86. The fourth-order valence-electron chi connectivity index (χ4n) is 3.35. The Kier molecular flexibility index (Phi) is 4.32. The Morgan fingerprint density at radius 2 is 1.88 bits per heavy atom. The molecule has 2 heterocycles. The van der Waals surface area contributed by atoms with Gasteiger partial charge in [-0.3, -0.25) is 14.8 Å². The summed E-state index contributed by atoms with van der Waals surface area (Å²) < 4.78 is 0. The van der Waals surface area contributed by atoms with E-state index in [-0.39, 0.29) is 11.8 Å². The van der Waals surface area contributed by atoms with Crippen molar-refractivity contribution in [2.24, 2.45) is 5.92 Å². The van der Waals surface area contributed by atoms with Gasteiger partial charge in [-0.15, -0.1) is 0 Å². The van der Waals surface area contributed by atoms with Crippen LogP contribution in [0.25, 0.3) is 10.9 Å². The average molecular weight is 329 g/mol. The Labute approximate surface area is 141 Å². The number of H-pyrrole nitrogens is 1. The number of amides is 2. The zero-order chi connectivity index (χ0) is 17.4. The second-order valence-corrected chi connectivity index (χ2v) is 6.86. The van der Waals surface area contributed by atoms with Crippen LogP contribution in [0.3, 0.4) is 0 Å². The largest absolute Gasteiger partial charge is 0.361 e. The van der Waals surface area contributed by atoms with E-state index in [0.717, 1.165) is 16.5 Å². The van der Waals surface area contributed by atoms with Gasteiger partial charge in [0.2, 0.25) is 5.91 Å². The first kappa shape index (κ1) is 16.5. The summed E-state index contributed by atoms with van der Waals surface area (Å²) in [5.41, 5.74) is 1.95. The summed E-state index contributed by atoms with van der Waals surface area (Å²) in [5.74, 6) is -0.427. The van der Waals surface area contributed by atoms with E-state index in [1.165, 1.54) is 4.90 Å². The number of nitrogens with zero attached hydrogens (tertiary/aromatic N) is 2. The molecule has 0 radical (unpaired) electrons. The van der Waals surface area contributed by atoms with Gasteiger partial charge in [0, 0.05) is 30.6 Å². The molecule has 2 amide bonds. The summed E-state index contributed by atoms with van der Waals surface area (Å²) in [7, 11) is 1.64. The molecule has 2 N–H and O–H groups in total. The van der Waals surface area contributed by atoms with Crippen LogP contribution in [-0.2, 0) is 16.0 Å². The number of hydrogen-bond acceptors (Lipinski definition) is 3. The Balaban J connectivity index is 1.86. The van der Waals surface area contributed by atoms with Crippen molar-refractivity contribution >= 4 is 22.7 Å². The van der Waals surface area contributed by atoms with Crippen molar-refractivity contribution in [2.75, 3.05) is 7.05 Å². The van der Waals surface area contributed by atoms with Crippen molar-refractivity contribution in [1.29, 1.82) is 0 Å². The highest BCUT2D eigenvalue weighted by molar-refractivity contribution is 5.96. The Morgan fingerprint density at radius 1 is 1.17 bits per heavy atom. The molecule has 1 fully saturated rings. The molecule has 0 saturated carbocycles. The van der Waals surface area contributed by atoms with Crippen LogP contribution in [0.4, 0.5) is 0 Å². The summed E-state index contributed by atoms with van der Waals surface area (Å²) >= 11 is 0. The summed E-state index contributed by atoms with van der Waals surface area (Å²) in [6.45, 7) is 3.92. The minimum atomic E-state index is -0.790. The molecule has 1 aliphatic heterocycles. The highest BCUT2D eigenvalue weighted by Gasteiger charge is 2.44. The monoisotopic (exact) mass is 329 g/mol. The third kappa shape index (κ3) is 2.78. The molecule has 0 aliphatic carbocycles. The number of para-hydroxylation sites is 1. The lowest BCUT2D eigenvalue weighted by molar-refractivity contribution is -0.200. The fourth-order valence-corrected chi connectivity index (χ4v) is 3.35. The van der Waals surface area contributed by atoms with Crippen molar-refractivity contribution in [2.45, 2.75) is 38.8 Å². The van der Waals surface area contributed by atoms with Gasteiger partial charge in [0.1, 0.15) is 12.1 Å². The van der Waals surface area contributed by atoms with E-state index in [1.54, 1.807) is 7.05 Å². The molecule has 2 aromatic rings. The SMILES string of the molecule is CC(C)C[C@H]1C(=O)N(C)[C@@H](Cc2c[nH]c3ccccc23)C(=O)N1O. The van der Waals surface area contributed by atoms with E-state index in [4.69, 9.17) is 0 Å². The van der Waals surface area contributed by atoms with Gasteiger partial charge in [-0.25, -0.2) is 5.06 Å². The number of rotatable bonds is 4. The van der Waals surface area contributed by atoms with E-state index in [2.05, 4.69) is 4.98 Å². The highest BCUT2D eigenvalue weighted by Crippen LogP contribution is 2.25. The van der Waals surface area contributed by atoms with Crippen LogP contribution in [-0.4, -0.2) is 51.1 Å². The van der Waals surface area contributed by atoms with Gasteiger partial charge in [-0.1, -0.05) is 32.0 Å². The molecule has 1 aromatic heterocycles. The molecule has 1 aliphatic rings. The molecular weight excluding hydrogens is 306 g/mol. The summed E-state index contributed by atoms with van der Waals surface area (Å²) in [6.07, 6.45) is 2.68. The maximum atomic E-state index is 12.6. The third-order valence-electron chi connectivity index (χ3n) is 4.69. The molecule has 2 atom stereocenters. The van der Waals surface area contributed by atoms with Gasteiger partial charge in [-0.2, -0.15) is 0 Å². The van der Waals surface area contributed by atoms with Crippen LogP contribution < -0.4 is 0 Å². The highest BCUT2D eigenvalue weighted by atomic mass is 16.5. The van der Waals surface area contributed by atoms with E-state index in [1.807, 2.05) is 44.3 Å². The molecule has 1 aromatic carbocycles. The maximum Gasteiger partial charge on any atom is 0.269 e. The van der Waals surface area contributed by atoms with Crippen LogP contribution in [0.15, 0.2) is 30.5 Å². The number of carbonyl (C=O) groups excluding carboxylic acids is 2. The molecular formula is C18H23N3O3. The molecule has 0 bridgehead atoms. The lowest BCUT2D eigenvalue weighted by Crippen LogP contribution is -2.63. The molecule has 6 heteroatoms. The molecule has 1 saturated heterocycles. The Hall–Kier alpha value is -2.34. The third-order valence-corrected chi connectivity index (χ3v) is 4.69. The van der Waals surface area contributed by atoms with Crippen molar-refractivity contribution in [3.8, 4) is 0 Å². The lowest BCUT2D eigenvalue weighted by Gasteiger charge is -2.40. The average Bonchev–Trinajstić information content (AvgIpc) is 2.97. The second kappa shape index (κ2) is 6.28. The van der Waals surface area contributed by atoms with Gasteiger partial charge < -0.3 is 9.88 Å². The summed E-state index contributed by atoms with van der Waals surface area (Å²) in [4.78, 5) is 29.8. The topological polar surface area (TPSA) is 76.6 Å². The van der Waals surface area contributed by atoms with Crippen molar-refractivity contribution in [3.05, 3.63) is 36.0 Å². The zero-order valence-electron chi connectivity index (χ0n) is 14.2. The Bertz CT molecular complexity index is 768. The van der Waals surface area contributed by atoms with E-state index in [0.29, 0.717) is 17.9 Å². The van der Waals surface area contributed by atoms with Crippen LogP contribution in [0, 0.1) is 5.92 Å². The van der Waals surface area contributed by atoms with E-state index in [9.17, 15) is 14.8 Å². The predicted molar refractivity (Wildman–Crippen MR) is 90.4 cm³/mol. The van der Waals surface area contributed by atoms with Crippen molar-refractivity contribution in [3.63, 3.8) is 0 Å². The minimum absolute atomic E-state index is 0.208. The number of fused-ring (bicyclic) bond motifs is 1. The van der Waals surface area contributed by atoms with E-state index < -0.39 is 18.0 Å². The first-order chi connectivity index (χ1) is 11.4. The van der Waals surface area contributed by atoms with E-state index >= 15 is 0 Å². The number of aromatic nitrogens is 1. The van der Waals surface area contributed by atoms with Gasteiger partial charge >= 0.3 is 0 Å². The molecule has 128 valence electrons. The van der Waals surface area contributed by atoms with Crippen molar-refractivity contribution in [1.82, 2.24) is 14.9 Å². The first-order valence-corrected chi connectivity index (χ1v) is 8.23. The molecule has 3 rings (SSSR count). The summed E-state index contributed by atoms with van der Waals surface area (Å²) in [5, 5.41) is 11.9. The number of aromatic amines is 1. The van der Waals surface area contributed by atoms with Crippen LogP contribution in [0.1, 0.15) is 25.8 Å². The first-order valence-electron chi connectivity index (χ1n) is 8.23. The predicted octanol–water partition coefficient (Wildman–Crippen LogP) is 2.18. The molecule has 0 unspecified atom stereocenters. The number of hydrogen-bond donors (Lipinski definition) is 2. The number of carbonyl (C=O) groups is 2. The zero-order valence-corrected chi connectivity index (χ0v) is 14.2. The smallest absolute Gasteiger partial charge is 0.269 e. The van der Waals surface area contributed by atoms with Crippen LogP contribution >= 0.6 is 0 Å². The Morgan fingerprint density at radius 3 is 2.58 bits per heavy atom. The van der Waals surface area contributed by atoms with Gasteiger partial charge in [0.25, 0.3) is 5.91 Å². The van der Waals surface area contributed by atoms with Crippen molar-refractivity contribution < 1.29 is 14.8 Å². The molecule has 24 heavy (non-hydrogen) atoms. The molecule has 0 spiro atoms. The number of benzene rings is 1. The minimum Gasteiger partial charge on any atom is -0.361 e. The number of nitrogens with one attached hydrogen (secondary N) is 1. The normalized spacial score (nSPS) is 22.0. The van der Waals surface area contributed by atoms with Gasteiger partial charge in [0.05, 0.1) is 0 Å². The van der Waals surface area contributed by atoms with Crippen LogP contribution in [0.2, 0.25) is 0 Å². The quantitative estimate of drug-likeness (QED) is 0.844. The summed E-state index contributed by atoms with van der Waals surface area (Å²) in [6, 6.07) is 6.35. The maximum absolute atomic E-state index is 12.6. The van der Waals surface area contributed by atoms with Gasteiger partial charge in [0.15, 0.2) is 0 Å². The fraction of sp³-hybridized carbons (Fsp3) is 0.444.